The van der Waals surface area contributed by atoms with Crippen molar-refractivity contribution in [3.8, 4) is 0 Å². The summed E-state index contributed by atoms with van der Waals surface area (Å²) in [6.07, 6.45) is 12.9. The van der Waals surface area contributed by atoms with E-state index in [1.54, 1.807) is 0 Å². The Morgan fingerprint density at radius 3 is 2.95 bits per heavy atom. The van der Waals surface area contributed by atoms with Gasteiger partial charge in [-0.1, -0.05) is 26.7 Å². The van der Waals surface area contributed by atoms with Crippen LogP contribution in [0.5, 0.6) is 0 Å². The number of aryl methyl sites for hydroxylation is 1. The van der Waals surface area contributed by atoms with E-state index in [4.69, 9.17) is 0 Å². The standard InChI is InChI=1S/C16H29N3/c1-13(2)14-5-3-6-15(9-8-14)17-10-4-7-16-18-11-12-19-16/h11-15,17H,3-10H2,1-2H3,(H,18,19). The fourth-order valence-electron chi connectivity index (χ4n) is 3.20. The summed E-state index contributed by atoms with van der Waals surface area (Å²) >= 11 is 0. The second kappa shape index (κ2) is 7.68. The van der Waals surface area contributed by atoms with Crippen LogP contribution in [0.1, 0.15) is 58.2 Å². The molecule has 0 saturated heterocycles. The van der Waals surface area contributed by atoms with Crippen molar-refractivity contribution in [1.29, 1.82) is 0 Å². The minimum atomic E-state index is 0.750. The summed E-state index contributed by atoms with van der Waals surface area (Å²) < 4.78 is 0. The zero-order valence-electron chi connectivity index (χ0n) is 12.5. The molecule has 1 aromatic rings. The van der Waals surface area contributed by atoms with Gasteiger partial charge in [-0.3, -0.25) is 0 Å². The van der Waals surface area contributed by atoms with Crippen molar-refractivity contribution in [2.75, 3.05) is 6.54 Å². The van der Waals surface area contributed by atoms with E-state index in [0.717, 1.165) is 36.7 Å². The van der Waals surface area contributed by atoms with Gasteiger partial charge in [0.25, 0.3) is 0 Å². The molecule has 0 amide bonds. The highest BCUT2D eigenvalue weighted by atomic mass is 14.9. The molecule has 108 valence electrons. The monoisotopic (exact) mass is 263 g/mol. The van der Waals surface area contributed by atoms with Gasteiger partial charge in [-0.2, -0.15) is 0 Å². The van der Waals surface area contributed by atoms with Crippen LogP contribution in [-0.4, -0.2) is 22.6 Å². The molecule has 2 atom stereocenters. The lowest BCUT2D eigenvalue weighted by Crippen LogP contribution is -2.29. The van der Waals surface area contributed by atoms with Crippen LogP contribution in [0.2, 0.25) is 0 Å². The van der Waals surface area contributed by atoms with Crippen LogP contribution >= 0.6 is 0 Å². The van der Waals surface area contributed by atoms with Crippen LogP contribution in [0.25, 0.3) is 0 Å². The average molecular weight is 263 g/mol. The van der Waals surface area contributed by atoms with Crippen LogP contribution in [0, 0.1) is 11.8 Å². The molecule has 0 aromatic carbocycles. The van der Waals surface area contributed by atoms with Gasteiger partial charge < -0.3 is 10.3 Å². The average Bonchev–Trinajstić information content (AvgIpc) is 2.79. The molecule has 1 aromatic heterocycles. The Hall–Kier alpha value is -0.830. The van der Waals surface area contributed by atoms with Crippen molar-refractivity contribution in [2.45, 2.75) is 64.8 Å². The third-order valence-corrected chi connectivity index (χ3v) is 4.53. The fourth-order valence-corrected chi connectivity index (χ4v) is 3.20. The zero-order valence-corrected chi connectivity index (χ0v) is 12.5. The van der Waals surface area contributed by atoms with Crippen LogP contribution in [0.15, 0.2) is 12.4 Å². The Morgan fingerprint density at radius 1 is 1.32 bits per heavy atom. The number of hydrogen-bond acceptors (Lipinski definition) is 2. The molecule has 0 aliphatic heterocycles. The van der Waals surface area contributed by atoms with Gasteiger partial charge in [0.1, 0.15) is 5.82 Å². The van der Waals surface area contributed by atoms with Crippen LogP contribution in [0.4, 0.5) is 0 Å². The SMILES string of the molecule is CC(C)C1CCCC(NCCCc2ncc[nH]2)CC1. The van der Waals surface area contributed by atoms with Gasteiger partial charge in [0.2, 0.25) is 0 Å². The second-order valence-corrected chi connectivity index (χ2v) is 6.30. The van der Waals surface area contributed by atoms with E-state index >= 15 is 0 Å². The quantitative estimate of drug-likeness (QED) is 0.609. The van der Waals surface area contributed by atoms with Gasteiger partial charge >= 0.3 is 0 Å². The molecule has 0 radical (unpaired) electrons. The summed E-state index contributed by atoms with van der Waals surface area (Å²) in [6, 6.07) is 0.750. The van der Waals surface area contributed by atoms with Crippen molar-refractivity contribution in [3.63, 3.8) is 0 Å². The Bertz CT molecular complexity index is 332. The van der Waals surface area contributed by atoms with Crippen molar-refractivity contribution in [1.82, 2.24) is 15.3 Å². The van der Waals surface area contributed by atoms with E-state index in [1.807, 2.05) is 12.4 Å². The highest BCUT2D eigenvalue weighted by Gasteiger charge is 2.20. The number of rotatable bonds is 6. The zero-order chi connectivity index (χ0) is 13.5. The lowest BCUT2D eigenvalue weighted by atomic mass is 9.89. The summed E-state index contributed by atoms with van der Waals surface area (Å²) in [5.41, 5.74) is 0. The number of nitrogens with one attached hydrogen (secondary N) is 2. The molecule has 2 unspecified atom stereocenters. The summed E-state index contributed by atoms with van der Waals surface area (Å²) in [6.45, 7) is 5.88. The molecule has 2 N–H and O–H groups in total. The summed E-state index contributed by atoms with van der Waals surface area (Å²) in [4.78, 5) is 7.43. The molecule has 1 heterocycles. The van der Waals surface area contributed by atoms with Crippen molar-refractivity contribution < 1.29 is 0 Å². The van der Waals surface area contributed by atoms with Crippen molar-refractivity contribution in [3.05, 3.63) is 18.2 Å². The molecule has 1 fully saturated rings. The maximum atomic E-state index is 4.26. The lowest BCUT2D eigenvalue weighted by Gasteiger charge is -2.19. The smallest absolute Gasteiger partial charge is 0.106 e. The molecule has 3 heteroatoms. The number of nitrogens with zero attached hydrogens (tertiary/aromatic N) is 1. The largest absolute Gasteiger partial charge is 0.349 e. The first kappa shape index (κ1) is 14.6. The number of imidazole rings is 1. The topological polar surface area (TPSA) is 40.7 Å². The first-order valence-electron chi connectivity index (χ1n) is 7.97. The third-order valence-electron chi connectivity index (χ3n) is 4.53. The Balaban J connectivity index is 1.61. The van der Waals surface area contributed by atoms with Gasteiger partial charge in [0.15, 0.2) is 0 Å². The number of hydrogen-bond donors (Lipinski definition) is 2. The van der Waals surface area contributed by atoms with Crippen LogP contribution < -0.4 is 5.32 Å². The predicted octanol–water partition coefficient (Wildman–Crippen LogP) is 3.54. The molecular weight excluding hydrogens is 234 g/mol. The van der Waals surface area contributed by atoms with Crippen LogP contribution in [-0.2, 0) is 6.42 Å². The van der Waals surface area contributed by atoms with E-state index < -0.39 is 0 Å². The highest BCUT2D eigenvalue weighted by Crippen LogP contribution is 2.28. The number of H-pyrrole nitrogens is 1. The summed E-state index contributed by atoms with van der Waals surface area (Å²) in [7, 11) is 0. The molecule has 0 bridgehead atoms. The lowest BCUT2D eigenvalue weighted by molar-refractivity contribution is 0.338. The van der Waals surface area contributed by atoms with Crippen LogP contribution in [0.3, 0.4) is 0 Å². The maximum absolute atomic E-state index is 4.26. The number of aromatic nitrogens is 2. The predicted molar refractivity (Wildman–Crippen MR) is 80.1 cm³/mol. The van der Waals surface area contributed by atoms with E-state index in [2.05, 4.69) is 29.1 Å². The molecular formula is C16H29N3. The third kappa shape index (κ3) is 4.98. The van der Waals surface area contributed by atoms with Crippen molar-refractivity contribution in [2.24, 2.45) is 11.8 Å². The molecule has 1 aliphatic rings. The summed E-state index contributed by atoms with van der Waals surface area (Å²) in [5.74, 6) is 2.93. The first-order valence-corrected chi connectivity index (χ1v) is 7.97. The van der Waals surface area contributed by atoms with E-state index in [1.165, 1.54) is 38.5 Å². The molecule has 0 spiro atoms. The number of aromatic amines is 1. The first-order chi connectivity index (χ1) is 9.25. The maximum Gasteiger partial charge on any atom is 0.106 e. The van der Waals surface area contributed by atoms with Crippen molar-refractivity contribution >= 4 is 0 Å². The van der Waals surface area contributed by atoms with Gasteiger partial charge in [-0.25, -0.2) is 4.98 Å². The highest BCUT2D eigenvalue weighted by molar-refractivity contribution is 4.87. The minimum absolute atomic E-state index is 0.750. The summed E-state index contributed by atoms with van der Waals surface area (Å²) in [5, 5.41) is 3.74. The van der Waals surface area contributed by atoms with Gasteiger partial charge in [0, 0.05) is 24.9 Å². The molecule has 3 nitrogen and oxygen atoms in total. The second-order valence-electron chi connectivity index (χ2n) is 6.30. The fraction of sp³-hybridized carbons (Fsp3) is 0.812. The van der Waals surface area contributed by atoms with Gasteiger partial charge in [0.05, 0.1) is 0 Å². The Labute approximate surface area is 117 Å². The Kier molecular flexibility index (Phi) is 5.90. The Morgan fingerprint density at radius 2 is 2.21 bits per heavy atom. The normalized spacial score (nSPS) is 24.6. The van der Waals surface area contributed by atoms with E-state index in [-0.39, 0.29) is 0 Å². The molecule has 1 saturated carbocycles. The van der Waals surface area contributed by atoms with E-state index in [9.17, 15) is 0 Å². The molecule has 1 aliphatic carbocycles. The van der Waals surface area contributed by atoms with E-state index in [0.29, 0.717) is 0 Å². The molecule has 19 heavy (non-hydrogen) atoms. The minimum Gasteiger partial charge on any atom is -0.349 e. The van der Waals surface area contributed by atoms with Gasteiger partial charge in [-0.15, -0.1) is 0 Å². The molecule has 2 rings (SSSR count). The van der Waals surface area contributed by atoms with Gasteiger partial charge in [-0.05, 0) is 44.1 Å².